The second kappa shape index (κ2) is 7.70. The first-order chi connectivity index (χ1) is 6.60. The molecule has 0 radical (unpaired) electrons. The first-order valence-corrected chi connectivity index (χ1v) is 5.22. The van der Waals surface area contributed by atoms with Gasteiger partial charge in [-0.25, -0.2) is 0 Å². The Morgan fingerprint density at radius 1 is 1.43 bits per heavy atom. The van der Waals surface area contributed by atoms with Crippen molar-refractivity contribution in [3.8, 4) is 0 Å². The van der Waals surface area contributed by atoms with E-state index in [4.69, 9.17) is 18.0 Å². The summed E-state index contributed by atoms with van der Waals surface area (Å²) in [6.45, 7) is 4.57. The number of hydrogen-bond acceptors (Lipinski definition) is 3. The highest BCUT2D eigenvalue weighted by Gasteiger charge is 2.05. The van der Waals surface area contributed by atoms with Crippen molar-refractivity contribution in [1.29, 1.82) is 0 Å². The number of nitrogens with one attached hydrogen (secondary N) is 1. The van der Waals surface area contributed by atoms with E-state index in [0.29, 0.717) is 11.4 Å². The van der Waals surface area contributed by atoms with E-state index in [2.05, 4.69) is 17.1 Å². The summed E-state index contributed by atoms with van der Waals surface area (Å²) < 4.78 is 0. The van der Waals surface area contributed by atoms with Crippen molar-refractivity contribution in [2.75, 3.05) is 26.7 Å². The molecule has 0 rings (SSSR count). The van der Waals surface area contributed by atoms with Gasteiger partial charge in [0, 0.05) is 33.0 Å². The maximum absolute atomic E-state index is 11.0. The number of hydrogen-bond donors (Lipinski definition) is 2. The lowest BCUT2D eigenvalue weighted by Gasteiger charge is -2.19. The summed E-state index contributed by atoms with van der Waals surface area (Å²) in [7, 11) is 1.65. The molecule has 5 heteroatoms. The van der Waals surface area contributed by atoms with Crippen LogP contribution in [0.3, 0.4) is 0 Å². The van der Waals surface area contributed by atoms with E-state index < -0.39 is 0 Å². The van der Waals surface area contributed by atoms with E-state index in [-0.39, 0.29) is 5.91 Å². The van der Waals surface area contributed by atoms with E-state index in [1.807, 2.05) is 0 Å². The maximum atomic E-state index is 11.0. The molecule has 3 N–H and O–H groups in total. The zero-order valence-corrected chi connectivity index (χ0v) is 9.69. The molecule has 0 aromatic rings. The highest BCUT2D eigenvalue weighted by molar-refractivity contribution is 7.80. The molecule has 4 nitrogen and oxygen atoms in total. The molecule has 0 unspecified atom stereocenters. The minimum atomic E-state index is 0.0683. The average Bonchev–Trinajstić information content (AvgIpc) is 2.17. The van der Waals surface area contributed by atoms with E-state index in [9.17, 15) is 4.79 Å². The summed E-state index contributed by atoms with van der Waals surface area (Å²) in [5, 5.41) is 2.59. The SMILES string of the molecule is CCN(CCC(=O)NC)CCC(N)=S. The molecule has 0 saturated carbocycles. The smallest absolute Gasteiger partial charge is 0.221 e. The largest absolute Gasteiger partial charge is 0.393 e. The van der Waals surface area contributed by atoms with Crippen molar-refractivity contribution < 1.29 is 4.79 Å². The molecule has 0 aliphatic carbocycles. The van der Waals surface area contributed by atoms with Crippen LogP contribution in [0.2, 0.25) is 0 Å². The molecule has 0 atom stereocenters. The average molecular weight is 217 g/mol. The lowest BCUT2D eigenvalue weighted by Crippen LogP contribution is -2.31. The summed E-state index contributed by atoms with van der Waals surface area (Å²) >= 11 is 4.79. The third-order valence-electron chi connectivity index (χ3n) is 2.06. The monoisotopic (exact) mass is 217 g/mol. The number of rotatable bonds is 7. The van der Waals surface area contributed by atoms with Gasteiger partial charge in [0.1, 0.15) is 0 Å². The minimum absolute atomic E-state index is 0.0683. The van der Waals surface area contributed by atoms with Gasteiger partial charge in [0.05, 0.1) is 4.99 Å². The summed E-state index contributed by atoms with van der Waals surface area (Å²) in [6.07, 6.45) is 1.25. The molecule has 0 fully saturated rings. The molecule has 1 amide bonds. The normalized spacial score (nSPS) is 10.2. The number of nitrogens with two attached hydrogens (primary N) is 1. The lowest BCUT2D eigenvalue weighted by atomic mass is 10.3. The van der Waals surface area contributed by atoms with Crippen LogP contribution in [0.25, 0.3) is 0 Å². The van der Waals surface area contributed by atoms with Gasteiger partial charge in [0.25, 0.3) is 0 Å². The van der Waals surface area contributed by atoms with Gasteiger partial charge in [0.2, 0.25) is 5.91 Å². The summed E-state index contributed by atoms with van der Waals surface area (Å²) in [4.78, 5) is 13.7. The highest BCUT2D eigenvalue weighted by Crippen LogP contribution is 1.94. The molecule has 0 spiro atoms. The molecule has 82 valence electrons. The molecule has 0 aliphatic rings. The van der Waals surface area contributed by atoms with Crippen molar-refractivity contribution in [2.24, 2.45) is 5.73 Å². The van der Waals surface area contributed by atoms with Gasteiger partial charge in [0.15, 0.2) is 0 Å². The fraction of sp³-hybridized carbons (Fsp3) is 0.778. The Kier molecular flexibility index (Phi) is 7.32. The van der Waals surface area contributed by atoms with E-state index in [1.165, 1.54) is 0 Å². The van der Waals surface area contributed by atoms with E-state index >= 15 is 0 Å². The van der Waals surface area contributed by atoms with Crippen LogP contribution in [0.4, 0.5) is 0 Å². The number of carbonyl (C=O) groups excluding carboxylic acids is 1. The van der Waals surface area contributed by atoms with Gasteiger partial charge < -0.3 is 16.0 Å². The third-order valence-corrected chi connectivity index (χ3v) is 2.26. The number of thiocarbonyl (C=S) groups is 1. The van der Waals surface area contributed by atoms with Crippen LogP contribution >= 0.6 is 12.2 Å². The van der Waals surface area contributed by atoms with Crippen LogP contribution in [-0.4, -0.2) is 42.5 Å². The molecule has 0 bridgehead atoms. The van der Waals surface area contributed by atoms with Crippen LogP contribution in [0.15, 0.2) is 0 Å². The van der Waals surface area contributed by atoms with Crippen LogP contribution in [0.5, 0.6) is 0 Å². The molecule has 14 heavy (non-hydrogen) atoms. The zero-order valence-electron chi connectivity index (χ0n) is 8.88. The van der Waals surface area contributed by atoms with Crippen molar-refractivity contribution >= 4 is 23.1 Å². The maximum Gasteiger partial charge on any atom is 0.221 e. The first-order valence-electron chi connectivity index (χ1n) is 4.81. The van der Waals surface area contributed by atoms with Gasteiger partial charge in [-0.05, 0) is 6.54 Å². The Balaban J connectivity index is 3.68. The Bertz CT molecular complexity index is 196. The molecule has 0 aromatic carbocycles. The predicted octanol–water partition coefficient (Wildman–Crippen LogP) is 0.121. The van der Waals surface area contributed by atoms with Gasteiger partial charge in [-0.1, -0.05) is 19.1 Å². The Morgan fingerprint density at radius 3 is 2.43 bits per heavy atom. The summed E-state index contributed by atoms with van der Waals surface area (Å²) in [6, 6.07) is 0. The fourth-order valence-electron chi connectivity index (χ4n) is 1.08. The van der Waals surface area contributed by atoms with Crippen molar-refractivity contribution in [2.45, 2.75) is 19.8 Å². The Labute approximate surface area is 90.8 Å². The van der Waals surface area contributed by atoms with Gasteiger partial charge in [-0.3, -0.25) is 4.79 Å². The van der Waals surface area contributed by atoms with Crippen molar-refractivity contribution in [3.05, 3.63) is 0 Å². The fourth-order valence-corrected chi connectivity index (χ4v) is 1.17. The van der Waals surface area contributed by atoms with Gasteiger partial charge >= 0.3 is 0 Å². The van der Waals surface area contributed by atoms with Crippen molar-refractivity contribution in [3.63, 3.8) is 0 Å². The molecule has 0 saturated heterocycles. The predicted molar refractivity (Wildman–Crippen MR) is 62.2 cm³/mol. The Morgan fingerprint density at radius 2 is 2.00 bits per heavy atom. The van der Waals surface area contributed by atoms with E-state index in [1.54, 1.807) is 7.05 Å². The number of nitrogens with zero attached hydrogens (tertiary/aromatic N) is 1. The molecular weight excluding hydrogens is 198 g/mol. The highest BCUT2D eigenvalue weighted by atomic mass is 32.1. The minimum Gasteiger partial charge on any atom is -0.393 e. The number of amides is 1. The lowest BCUT2D eigenvalue weighted by molar-refractivity contribution is -0.120. The van der Waals surface area contributed by atoms with Crippen LogP contribution in [0.1, 0.15) is 19.8 Å². The van der Waals surface area contributed by atoms with Crippen LogP contribution < -0.4 is 11.1 Å². The topological polar surface area (TPSA) is 58.4 Å². The van der Waals surface area contributed by atoms with Crippen molar-refractivity contribution in [1.82, 2.24) is 10.2 Å². The second-order valence-electron chi connectivity index (χ2n) is 3.07. The van der Waals surface area contributed by atoms with Gasteiger partial charge in [-0.2, -0.15) is 0 Å². The van der Waals surface area contributed by atoms with Crippen LogP contribution in [0, 0.1) is 0 Å². The number of carbonyl (C=O) groups is 1. The molecule has 0 aliphatic heterocycles. The third kappa shape index (κ3) is 6.80. The second-order valence-corrected chi connectivity index (χ2v) is 3.60. The molecular formula is C9H19N3OS. The molecule has 0 aromatic heterocycles. The van der Waals surface area contributed by atoms with Gasteiger partial charge in [-0.15, -0.1) is 0 Å². The first kappa shape index (κ1) is 13.3. The quantitative estimate of drug-likeness (QED) is 0.595. The van der Waals surface area contributed by atoms with E-state index in [0.717, 1.165) is 26.1 Å². The zero-order chi connectivity index (χ0) is 11.0. The standard InChI is InChI=1S/C9H19N3OS/c1-3-12(6-4-8(10)14)7-5-9(13)11-2/h3-7H2,1-2H3,(H2,10,14)(H,11,13). The molecule has 0 heterocycles. The Hall–Kier alpha value is -0.680. The summed E-state index contributed by atoms with van der Waals surface area (Å²) in [5.41, 5.74) is 5.40. The van der Waals surface area contributed by atoms with Crippen LogP contribution in [-0.2, 0) is 4.79 Å². The summed E-state index contributed by atoms with van der Waals surface area (Å²) in [5.74, 6) is 0.0683.